The van der Waals surface area contributed by atoms with Gasteiger partial charge in [-0.3, -0.25) is 0 Å². The van der Waals surface area contributed by atoms with Crippen LogP contribution in [0.1, 0.15) is 61.8 Å². The summed E-state index contributed by atoms with van der Waals surface area (Å²) in [6.07, 6.45) is 1.24. The van der Waals surface area contributed by atoms with E-state index in [1.807, 2.05) is 0 Å². The van der Waals surface area contributed by atoms with E-state index in [4.69, 9.17) is 0 Å². The summed E-state index contributed by atoms with van der Waals surface area (Å²) in [6.45, 7) is 19.6. The zero-order valence-corrected chi connectivity index (χ0v) is 12.1. The van der Waals surface area contributed by atoms with E-state index in [0.29, 0.717) is 16.9 Å². The van der Waals surface area contributed by atoms with Gasteiger partial charge in [0.2, 0.25) is 0 Å². The molecule has 0 saturated heterocycles. The highest BCUT2D eigenvalue weighted by molar-refractivity contribution is 4.76. The lowest BCUT2D eigenvalue weighted by Gasteiger charge is -2.30. The Labute approximate surface area is 97.0 Å². The van der Waals surface area contributed by atoms with Crippen molar-refractivity contribution in [3.05, 3.63) is 0 Å². The lowest BCUT2D eigenvalue weighted by Crippen LogP contribution is -2.36. The first-order valence-electron chi connectivity index (χ1n) is 6.26. The SMILES string of the molecule is CC(CC(C)(C)C)NCC(C)C(C)(C)C. The second-order valence-corrected chi connectivity index (χ2v) is 7.34. The summed E-state index contributed by atoms with van der Waals surface area (Å²) < 4.78 is 0. The molecule has 0 aliphatic heterocycles. The molecule has 0 rings (SSSR count). The zero-order chi connectivity index (χ0) is 12.3. The Morgan fingerprint density at radius 1 is 0.933 bits per heavy atom. The molecule has 0 bridgehead atoms. The second-order valence-electron chi connectivity index (χ2n) is 7.34. The van der Waals surface area contributed by atoms with E-state index in [1.54, 1.807) is 0 Å². The zero-order valence-electron chi connectivity index (χ0n) is 12.1. The second kappa shape index (κ2) is 5.34. The fourth-order valence-corrected chi connectivity index (χ4v) is 1.67. The molecule has 0 spiro atoms. The van der Waals surface area contributed by atoms with Crippen LogP contribution in [0, 0.1) is 16.7 Å². The van der Waals surface area contributed by atoms with Crippen LogP contribution in [0.4, 0.5) is 0 Å². The molecule has 1 N–H and O–H groups in total. The van der Waals surface area contributed by atoms with Crippen molar-refractivity contribution in [3.8, 4) is 0 Å². The van der Waals surface area contributed by atoms with E-state index in [-0.39, 0.29) is 0 Å². The number of hydrogen-bond acceptors (Lipinski definition) is 1. The highest BCUT2D eigenvalue weighted by Gasteiger charge is 2.21. The maximum Gasteiger partial charge on any atom is 0.00438 e. The van der Waals surface area contributed by atoms with Crippen molar-refractivity contribution in [2.45, 2.75) is 67.9 Å². The minimum absolute atomic E-state index is 0.411. The molecular formula is C14H31N. The maximum atomic E-state index is 3.65. The van der Waals surface area contributed by atoms with E-state index < -0.39 is 0 Å². The van der Waals surface area contributed by atoms with Gasteiger partial charge in [0.1, 0.15) is 0 Å². The maximum absolute atomic E-state index is 3.65. The largest absolute Gasteiger partial charge is 0.314 e. The molecule has 0 heterocycles. The van der Waals surface area contributed by atoms with Crippen molar-refractivity contribution in [1.82, 2.24) is 5.32 Å². The molecule has 0 saturated carbocycles. The third kappa shape index (κ3) is 7.84. The van der Waals surface area contributed by atoms with Crippen LogP contribution in [0.15, 0.2) is 0 Å². The first kappa shape index (κ1) is 15.0. The average molecular weight is 213 g/mol. The molecule has 0 amide bonds. The van der Waals surface area contributed by atoms with Crippen molar-refractivity contribution < 1.29 is 0 Å². The lowest BCUT2D eigenvalue weighted by atomic mass is 9.81. The third-order valence-electron chi connectivity index (χ3n) is 3.17. The van der Waals surface area contributed by atoms with Crippen LogP contribution in [0.2, 0.25) is 0 Å². The van der Waals surface area contributed by atoms with Crippen molar-refractivity contribution >= 4 is 0 Å². The van der Waals surface area contributed by atoms with E-state index in [2.05, 4.69) is 60.7 Å². The Bertz CT molecular complexity index is 171. The predicted molar refractivity (Wildman–Crippen MR) is 70.2 cm³/mol. The van der Waals surface area contributed by atoms with Gasteiger partial charge in [-0.25, -0.2) is 0 Å². The van der Waals surface area contributed by atoms with E-state index in [0.717, 1.165) is 12.5 Å². The van der Waals surface area contributed by atoms with Crippen LogP contribution in [0.3, 0.4) is 0 Å². The van der Waals surface area contributed by atoms with Gasteiger partial charge in [-0.05, 0) is 36.6 Å². The van der Waals surface area contributed by atoms with Gasteiger partial charge >= 0.3 is 0 Å². The Morgan fingerprint density at radius 3 is 1.73 bits per heavy atom. The first-order valence-corrected chi connectivity index (χ1v) is 6.26. The van der Waals surface area contributed by atoms with Gasteiger partial charge in [0.05, 0.1) is 0 Å². The molecule has 1 nitrogen and oxygen atoms in total. The van der Waals surface area contributed by atoms with Crippen LogP contribution in [0.5, 0.6) is 0 Å². The normalized spacial score (nSPS) is 17.6. The van der Waals surface area contributed by atoms with Gasteiger partial charge in [-0.1, -0.05) is 48.5 Å². The van der Waals surface area contributed by atoms with Gasteiger partial charge in [0, 0.05) is 6.04 Å². The summed E-state index contributed by atoms with van der Waals surface area (Å²) in [5.41, 5.74) is 0.839. The summed E-state index contributed by atoms with van der Waals surface area (Å²) in [5.74, 6) is 0.722. The molecule has 2 unspecified atom stereocenters. The number of rotatable bonds is 4. The highest BCUT2D eigenvalue weighted by atomic mass is 14.9. The Hall–Kier alpha value is -0.0400. The Morgan fingerprint density at radius 2 is 1.40 bits per heavy atom. The van der Waals surface area contributed by atoms with Crippen molar-refractivity contribution in [2.75, 3.05) is 6.54 Å². The van der Waals surface area contributed by atoms with E-state index in [1.165, 1.54) is 6.42 Å². The average Bonchev–Trinajstić information content (AvgIpc) is 1.94. The van der Waals surface area contributed by atoms with Crippen molar-refractivity contribution in [1.29, 1.82) is 0 Å². The highest BCUT2D eigenvalue weighted by Crippen LogP contribution is 2.25. The molecule has 0 radical (unpaired) electrons. The summed E-state index contributed by atoms with van der Waals surface area (Å²) in [5, 5.41) is 3.65. The van der Waals surface area contributed by atoms with E-state index in [9.17, 15) is 0 Å². The van der Waals surface area contributed by atoms with Crippen LogP contribution in [-0.2, 0) is 0 Å². The van der Waals surface area contributed by atoms with Gasteiger partial charge in [0.15, 0.2) is 0 Å². The molecule has 1 heteroatoms. The molecule has 0 aromatic heterocycles. The van der Waals surface area contributed by atoms with E-state index >= 15 is 0 Å². The molecule has 2 atom stereocenters. The summed E-state index contributed by atoms with van der Waals surface area (Å²) in [4.78, 5) is 0. The molecule has 0 aliphatic carbocycles. The van der Waals surface area contributed by atoms with Gasteiger partial charge in [-0.2, -0.15) is 0 Å². The molecule has 0 fully saturated rings. The molecule has 15 heavy (non-hydrogen) atoms. The number of hydrogen-bond donors (Lipinski definition) is 1. The van der Waals surface area contributed by atoms with Crippen LogP contribution < -0.4 is 5.32 Å². The standard InChI is InChI=1S/C14H31N/c1-11(14(6,7)8)10-15-12(2)9-13(3,4)5/h11-12,15H,9-10H2,1-8H3. The molecule has 0 aromatic rings. The van der Waals surface area contributed by atoms with Crippen LogP contribution >= 0.6 is 0 Å². The molecule has 92 valence electrons. The van der Waals surface area contributed by atoms with Crippen LogP contribution in [0.25, 0.3) is 0 Å². The first-order chi connectivity index (χ1) is 6.52. The lowest BCUT2D eigenvalue weighted by molar-refractivity contribution is 0.234. The van der Waals surface area contributed by atoms with Gasteiger partial charge in [-0.15, -0.1) is 0 Å². The minimum atomic E-state index is 0.411. The topological polar surface area (TPSA) is 12.0 Å². The monoisotopic (exact) mass is 213 g/mol. The third-order valence-corrected chi connectivity index (χ3v) is 3.17. The van der Waals surface area contributed by atoms with Gasteiger partial charge in [0.25, 0.3) is 0 Å². The van der Waals surface area contributed by atoms with Crippen molar-refractivity contribution in [3.63, 3.8) is 0 Å². The predicted octanol–water partition coefficient (Wildman–Crippen LogP) is 4.08. The fourth-order valence-electron chi connectivity index (χ4n) is 1.67. The summed E-state index contributed by atoms with van der Waals surface area (Å²) in [6, 6.07) is 0.620. The Balaban J connectivity index is 3.87. The smallest absolute Gasteiger partial charge is 0.00438 e. The van der Waals surface area contributed by atoms with Gasteiger partial charge < -0.3 is 5.32 Å². The molecular weight excluding hydrogens is 182 g/mol. The Kier molecular flexibility index (Phi) is 5.32. The number of nitrogens with one attached hydrogen (secondary N) is 1. The summed E-state index contributed by atoms with van der Waals surface area (Å²) in [7, 11) is 0. The molecule has 0 aliphatic rings. The summed E-state index contributed by atoms with van der Waals surface area (Å²) >= 11 is 0. The fraction of sp³-hybridized carbons (Fsp3) is 1.00. The molecule has 0 aromatic carbocycles. The quantitative estimate of drug-likeness (QED) is 0.742. The minimum Gasteiger partial charge on any atom is -0.314 e. The van der Waals surface area contributed by atoms with Crippen molar-refractivity contribution in [2.24, 2.45) is 16.7 Å². The van der Waals surface area contributed by atoms with Crippen LogP contribution in [-0.4, -0.2) is 12.6 Å².